The van der Waals surface area contributed by atoms with Crippen molar-refractivity contribution in [3.05, 3.63) is 18.2 Å². The van der Waals surface area contributed by atoms with E-state index in [2.05, 4.69) is 28.0 Å². The van der Waals surface area contributed by atoms with Crippen LogP contribution in [0, 0.1) is 0 Å². The Morgan fingerprint density at radius 2 is 2.12 bits per heavy atom. The molecule has 4 nitrogen and oxygen atoms in total. The Balaban J connectivity index is 2.14. The van der Waals surface area contributed by atoms with Crippen molar-refractivity contribution in [3.8, 4) is 0 Å². The van der Waals surface area contributed by atoms with E-state index < -0.39 is 0 Å². The molecule has 0 aromatic carbocycles. The third kappa shape index (κ3) is 5.28. The number of aliphatic hydroxyl groups excluding tert-OH is 1. The van der Waals surface area contributed by atoms with E-state index in [9.17, 15) is 0 Å². The SMILES string of the molecule is CCNCc1cn(CCCCCCO)cn1. The molecule has 0 saturated heterocycles. The van der Waals surface area contributed by atoms with Gasteiger partial charge in [0.1, 0.15) is 0 Å². The predicted molar refractivity (Wildman–Crippen MR) is 65.2 cm³/mol. The first kappa shape index (κ1) is 13.2. The zero-order valence-electron chi connectivity index (χ0n) is 10.2. The van der Waals surface area contributed by atoms with Crippen molar-refractivity contribution >= 4 is 0 Å². The first-order chi connectivity index (χ1) is 7.86. The standard InChI is InChI=1S/C12H23N3O/c1-2-13-9-12-10-15(11-14-12)7-5-3-4-6-8-16/h10-11,13,16H,2-9H2,1H3. The number of nitrogens with zero attached hydrogens (tertiary/aromatic N) is 2. The van der Waals surface area contributed by atoms with Gasteiger partial charge in [-0.1, -0.05) is 19.8 Å². The number of nitrogens with one attached hydrogen (secondary N) is 1. The highest BCUT2D eigenvalue weighted by molar-refractivity contribution is 4.95. The summed E-state index contributed by atoms with van der Waals surface area (Å²) in [7, 11) is 0. The Morgan fingerprint density at radius 1 is 1.31 bits per heavy atom. The lowest BCUT2D eigenvalue weighted by molar-refractivity contribution is 0.282. The highest BCUT2D eigenvalue weighted by atomic mass is 16.2. The average molecular weight is 225 g/mol. The second kappa shape index (κ2) is 8.30. The van der Waals surface area contributed by atoms with Gasteiger partial charge >= 0.3 is 0 Å². The first-order valence-electron chi connectivity index (χ1n) is 6.19. The molecule has 1 aromatic heterocycles. The third-order valence-corrected chi connectivity index (χ3v) is 2.57. The normalized spacial score (nSPS) is 10.9. The molecule has 0 aliphatic carbocycles. The molecule has 92 valence electrons. The number of imidazole rings is 1. The van der Waals surface area contributed by atoms with E-state index in [4.69, 9.17) is 5.11 Å². The molecule has 0 aliphatic rings. The van der Waals surface area contributed by atoms with Gasteiger partial charge in [-0.2, -0.15) is 0 Å². The summed E-state index contributed by atoms with van der Waals surface area (Å²) in [4.78, 5) is 4.33. The minimum absolute atomic E-state index is 0.317. The fourth-order valence-corrected chi connectivity index (χ4v) is 1.63. The zero-order chi connectivity index (χ0) is 11.6. The zero-order valence-corrected chi connectivity index (χ0v) is 10.2. The maximum atomic E-state index is 8.65. The highest BCUT2D eigenvalue weighted by Crippen LogP contribution is 2.03. The lowest BCUT2D eigenvalue weighted by Gasteiger charge is -2.01. The molecule has 2 N–H and O–H groups in total. The lowest BCUT2D eigenvalue weighted by atomic mass is 10.2. The number of hydrogen-bond donors (Lipinski definition) is 2. The van der Waals surface area contributed by atoms with Crippen molar-refractivity contribution in [3.63, 3.8) is 0 Å². The van der Waals surface area contributed by atoms with Gasteiger partial charge in [0, 0.05) is 25.9 Å². The predicted octanol–water partition coefficient (Wildman–Crippen LogP) is 1.55. The third-order valence-electron chi connectivity index (χ3n) is 2.57. The number of aromatic nitrogens is 2. The van der Waals surface area contributed by atoms with Crippen molar-refractivity contribution in [2.75, 3.05) is 13.2 Å². The number of hydrogen-bond acceptors (Lipinski definition) is 3. The van der Waals surface area contributed by atoms with Crippen LogP contribution in [-0.2, 0) is 13.1 Å². The summed E-state index contributed by atoms with van der Waals surface area (Å²) in [6.07, 6.45) is 8.40. The van der Waals surface area contributed by atoms with E-state index in [0.29, 0.717) is 6.61 Å². The molecule has 1 rings (SSSR count). The molecule has 0 bridgehead atoms. The first-order valence-corrected chi connectivity index (χ1v) is 6.19. The van der Waals surface area contributed by atoms with Crippen molar-refractivity contribution in [2.45, 2.75) is 45.7 Å². The average Bonchev–Trinajstić information content (AvgIpc) is 2.74. The van der Waals surface area contributed by atoms with Crippen LogP contribution in [0.15, 0.2) is 12.5 Å². The van der Waals surface area contributed by atoms with E-state index in [-0.39, 0.29) is 0 Å². The molecule has 4 heteroatoms. The lowest BCUT2D eigenvalue weighted by Crippen LogP contribution is -2.11. The van der Waals surface area contributed by atoms with Crippen LogP contribution >= 0.6 is 0 Å². The fraction of sp³-hybridized carbons (Fsp3) is 0.750. The molecule has 0 amide bonds. The van der Waals surface area contributed by atoms with Crippen LogP contribution in [-0.4, -0.2) is 27.8 Å². The van der Waals surface area contributed by atoms with Crippen LogP contribution in [0.2, 0.25) is 0 Å². The molecule has 16 heavy (non-hydrogen) atoms. The maximum Gasteiger partial charge on any atom is 0.0949 e. The molecule has 0 aliphatic heterocycles. The van der Waals surface area contributed by atoms with Gasteiger partial charge in [0.05, 0.1) is 12.0 Å². The second-order valence-corrected chi connectivity index (χ2v) is 4.02. The minimum Gasteiger partial charge on any atom is -0.396 e. The summed E-state index contributed by atoms with van der Waals surface area (Å²) in [5.74, 6) is 0. The Bertz CT molecular complexity index is 273. The maximum absolute atomic E-state index is 8.65. The summed E-state index contributed by atoms with van der Waals surface area (Å²) in [5, 5.41) is 11.9. The Morgan fingerprint density at radius 3 is 2.88 bits per heavy atom. The van der Waals surface area contributed by atoms with E-state index >= 15 is 0 Å². The Kier molecular flexibility index (Phi) is 6.85. The van der Waals surface area contributed by atoms with E-state index in [1.54, 1.807) is 0 Å². The van der Waals surface area contributed by atoms with Gasteiger partial charge in [-0.05, 0) is 19.4 Å². The quantitative estimate of drug-likeness (QED) is 0.627. The van der Waals surface area contributed by atoms with Crippen molar-refractivity contribution in [1.82, 2.24) is 14.9 Å². The van der Waals surface area contributed by atoms with Crippen molar-refractivity contribution < 1.29 is 5.11 Å². The monoisotopic (exact) mass is 225 g/mol. The minimum atomic E-state index is 0.317. The summed E-state index contributed by atoms with van der Waals surface area (Å²) < 4.78 is 2.14. The van der Waals surface area contributed by atoms with Crippen molar-refractivity contribution in [2.24, 2.45) is 0 Å². The van der Waals surface area contributed by atoms with E-state index in [1.807, 2.05) is 6.33 Å². The molecule has 0 fully saturated rings. The van der Waals surface area contributed by atoms with Gasteiger partial charge in [-0.25, -0.2) is 4.98 Å². The number of aliphatic hydroxyl groups is 1. The van der Waals surface area contributed by atoms with Crippen LogP contribution in [0.3, 0.4) is 0 Å². The number of aryl methyl sites for hydroxylation is 1. The van der Waals surface area contributed by atoms with E-state index in [0.717, 1.165) is 44.6 Å². The van der Waals surface area contributed by atoms with Gasteiger partial charge < -0.3 is 15.0 Å². The second-order valence-electron chi connectivity index (χ2n) is 4.02. The largest absolute Gasteiger partial charge is 0.396 e. The molecule has 0 radical (unpaired) electrons. The van der Waals surface area contributed by atoms with Crippen LogP contribution in [0.4, 0.5) is 0 Å². The van der Waals surface area contributed by atoms with Crippen LogP contribution in [0.25, 0.3) is 0 Å². The van der Waals surface area contributed by atoms with Gasteiger partial charge in [-0.15, -0.1) is 0 Å². The van der Waals surface area contributed by atoms with Crippen LogP contribution < -0.4 is 5.32 Å². The van der Waals surface area contributed by atoms with Gasteiger partial charge in [0.2, 0.25) is 0 Å². The summed E-state index contributed by atoms with van der Waals surface area (Å²) in [6, 6.07) is 0. The molecule has 0 saturated carbocycles. The van der Waals surface area contributed by atoms with E-state index in [1.165, 1.54) is 6.42 Å². The van der Waals surface area contributed by atoms with Gasteiger partial charge in [0.25, 0.3) is 0 Å². The molecule has 1 aromatic rings. The topological polar surface area (TPSA) is 50.1 Å². The van der Waals surface area contributed by atoms with Gasteiger partial charge in [0.15, 0.2) is 0 Å². The molecule has 0 spiro atoms. The summed E-state index contributed by atoms with van der Waals surface area (Å²) >= 11 is 0. The fourth-order valence-electron chi connectivity index (χ4n) is 1.63. The molecular formula is C12H23N3O. The molecule has 1 heterocycles. The molecule has 0 unspecified atom stereocenters. The summed E-state index contributed by atoms with van der Waals surface area (Å²) in [5.41, 5.74) is 1.11. The smallest absolute Gasteiger partial charge is 0.0949 e. The van der Waals surface area contributed by atoms with Crippen molar-refractivity contribution in [1.29, 1.82) is 0 Å². The number of rotatable bonds is 9. The molecule has 0 atom stereocenters. The highest BCUT2D eigenvalue weighted by Gasteiger charge is 1.97. The Labute approximate surface area is 97.7 Å². The van der Waals surface area contributed by atoms with Crippen LogP contribution in [0.1, 0.15) is 38.3 Å². The summed E-state index contributed by atoms with van der Waals surface area (Å²) in [6.45, 7) is 5.28. The Hall–Kier alpha value is -0.870. The van der Waals surface area contributed by atoms with Crippen LogP contribution in [0.5, 0.6) is 0 Å². The number of unbranched alkanes of at least 4 members (excludes halogenated alkanes) is 3. The van der Waals surface area contributed by atoms with Gasteiger partial charge in [-0.3, -0.25) is 0 Å². The molecular weight excluding hydrogens is 202 g/mol.